The normalized spacial score (nSPS) is 12.3. The molecule has 3 aromatic rings. The number of ether oxygens (including phenoxy) is 1. The van der Waals surface area contributed by atoms with Gasteiger partial charge in [-0.1, -0.05) is 29.5 Å². The van der Waals surface area contributed by atoms with Crippen molar-refractivity contribution in [1.29, 1.82) is 0 Å². The van der Waals surface area contributed by atoms with Gasteiger partial charge in [-0.2, -0.15) is 0 Å². The summed E-state index contributed by atoms with van der Waals surface area (Å²) in [6.45, 7) is 2.05. The van der Waals surface area contributed by atoms with Crippen LogP contribution in [0.2, 0.25) is 0 Å². The Kier molecular flexibility index (Phi) is 3.75. The van der Waals surface area contributed by atoms with Gasteiger partial charge in [-0.25, -0.2) is 9.37 Å². The quantitative estimate of drug-likeness (QED) is 0.763. The van der Waals surface area contributed by atoms with Crippen molar-refractivity contribution >= 4 is 26.7 Å². The number of hydrogen-bond acceptors (Lipinski definition) is 4. The summed E-state index contributed by atoms with van der Waals surface area (Å²) in [6, 6.07) is 12.9. The lowest BCUT2D eigenvalue weighted by atomic mass is 10.1. The zero-order valence-corrected chi connectivity index (χ0v) is 12.6. The Balaban J connectivity index is 1.81. The molecule has 0 saturated carbocycles. The lowest BCUT2D eigenvalue weighted by Gasteiger charge is -2.13. The molecule has 0 aliphatic rings. The fraction of sp³-hybridized carbons (Fsp3) is 0.188. The van der Waals surface area contributed by atoms with E-state index in [9.17, 15) is 4.39 Å². The Morgan fingerprint density at radius 1 is 1.19 bits per heavy atom. The summed E-state index contributed by atoms with van der Waals surface area (Å²) < 4.78 is 19.4. The number of aromatic nitrogens is 1. The van der Waals surface area contributed by atoms with Gasteiger partial charge in [0.1, 0.15) is 11.6 Å². The molecular formula is C16H15FN2OS. The number of benzene rings is 2. The van der Waals surface area contributed by atoms with Crippen molar-refractivity contribution < 1.29 is 9.13 Å². The summed E-state index contributed by atoms with van der Waals surface area (Å²) in [7, 11) is 1.65. The van der Waals surface area contributed by atoms with Gasteiger partial charge in [0.15, 0.2) is 5.13 Å². The minimum atomic E-state index is -0.227. The SMILES string of the molecule is COc1ccc(C(C)Nc2nc3cccc(F)c3s2)cc1. The molecule has 21 heavy (non-hydrogen) atoms. The highest BCUT2D eigenvalue weighted by Crippen LogP contribution is 2.30. The van der Waals surface area contributed by atoms with E-state index >= 15 is 0 Å². The van der Waals surface area contributed by atoms with Crippen LogP contribution in [0.4, 0.5) is 9.52 Å². The summed E-state index contributed by atoms with van der Waals surface area (Å²) in [5.74, 6) is 0.600. The molecule has 3 rings (SSSR count). The molecule has 0 amide bonds. The Hall–Kier alpha value is -2.14. The number of thiazole rings is 1. The smallest absolute Gasteiger partial charge is 0.184 e. The van der Waals surface area contributed by atoms with Crippen molar-refractivity contribution in [3.05, 3.63) is 53.8 Å². The number of methoxy groups -OCH3 is 1. The van der Waals surface area contributed by atoms with Crippen molar-refractivity contribution in [2.45, 2.75) is 13.0 Å². The molecule has 0 aliphatic carbocycles. The van der Waals surface area contributed by atoms with Crippen LogP contribution in [0, 0.1) is 5.82 Å². The largest absolute Gasteiger partial charge is 0.497 e. The summed E-state index contributed by atoms with van der Waals surface area (Å²) in [5.41, 5.74) is 1.81. The Morgan fingerprint density at radius 2 is 1.95 bits per heavy atom. The van der Waals surface area contributed by atoms with Gasteiger partial charge in [-0.15, -0.1) is 0 Å². The van der Waals surface area contributed by atoms with Crippen LogP contribution in [-0.4, -0.2) is 12.1 Å². The van der Waals surface area contributed by atoms with E-state index in [2.05, 4.69) is 10.3 Å². The van der Waals surface area contributed by atoms with Crippen LogP contribution in [0.25, 0.3) is 10.2 Å². The Bertz CT molecular complexity index is 755. The van der Waals surface area contributed by atoms with Crippen molar-refractivity contribution in [2.24, 2.45) is 0 Å². The van der Waals surface area contributed by atoms with Gasteiger partial charge in [-0.3, -0.25) is 0 Å². The standard InChI is InChI=1S/C16H15FN2OS/c1-10(11-6-8-12(20-2)9-7-11)18-16-19-14-5-3-4-13(17)15(14)21-16/h3-10H,1-2H3,(H,18,19). The van der Waals surface area contributed by atoms with Crippen LogP contribution in [-0.2, 0) is 0 Å². The summed E-state index contributed by atoms with van der Waals surface area (Å²) in [6.07, 6.45) is 0. The minimum Gasteiger partial charge on any atom is -0.497 e. The average molecular weight is 302 g/mol. The molecule has 108 valence electrons. The van der Waals surface area contributed by atoms with Gasteiger partial charge >= 0.3 is 0 Å². The second kappa shape index (κ2) is 5.69. The van der Waals surface area contributed by atoms with E-state index in [-0.39, 0.29) is 11.9 Å². The van der Waals surface area contributed by atoms with E-state index in [1.54, 1.807) is 13.2 Å². The van der Waals surface area contributed by atoms with Crippen LogP contribution in [0.15, 0.2) is 42.5 Å². The first-order valence-corrected chi connectivity index (χ1v) is 7.44. The number of rotatable bonds is 4. The molecule has 0 aliphatic heterocycles. The van der Waals surface area contributed by atoms with E-state index < -0.39 is 0 Å². The molecule has 1 aromatic heterocycles. The maximum absolute atomic E-state index is 13.7. The fourth-order valence-corrected chi connectivity index (χ4v) is 3.10. The number of nitrogens with one attached hydrogen (secondary N) is 1. The third-order valence-corrected chi connectivity index (χ3v) is 4.33. The average Bonchev–Trinajstić information content (AvgIpc) is 2.91. The highest BCUT2D eigenvalue weighted by molar-refractivity contribution is 7.22. The van der Waals surface area contributed by atoms with Crippen LogP contribution in [0.1, 0.15) is 18.5 Å². The molecule has 0 bridgehead atoms. The molecule has 2 aromatic carbocycles. The molecule has 0 spiro atoms. The zero-order chi connectivity index (χ0) is 14.8. The number of halogens is 1. The molecule has 1 N–H and O–H groups in total. The van der Waals surface area contributed by atoms with Gasteiger partial charge in [0.25, 0.3) is 0 Å². The number of hydrogen-bond donors (Lipinski definition) is 1. The maximum atomic E-state index is 13.7. The highest BCUT2D eigenvalue weighted by atomic mass is 32.1. The fourth-order valence-electron chi connectivity index (χ4n) is 2.14. The first-order chi connectivity index (χ1) is 10.2. The molecule has 5 heteroatoms. The first-order valence-electron chi connectivity index (χ1n) is 6.63. The van der Waals surface area contributed by atoms with Gasteiger partial charge in [0.05, 0.1) is 23.4 Å². The van der Waals surface area contributed by atoms with Crippen LogP contribution in [0.5, 0.6) is 5.75 Å². The lowest BCUT2D eigenvalue weighted by molar-refractivity contribution is 0.414. The highest BCUT2D eigenvalue weighted by Gasteiger charge is 2.11. The molecule has 0 saturated heterocycles. The molecule has 1 atom stereocenters. The molecule has 0 radical (unpaired) electrons. The third-order valence-electron chi connectivity index (χ3n) is 3.32. The molecular weight excluding hydrogens is 287 g/mol. The van der Waals surface area contributed by atoms with E-state index in [0.717, 1.165) is 16.4 Å². The molecule has 0 fully saturated rings. The van der Waals surface area contributed by atoms with Crippen molar-refractivity contribution in [1.82, 2.24) is 4.98 Å². The van der Waals surface area contributed by atoms with Crippen LogP contribution in [0.3, 0.4) is 0 Å². The topological polar surface area (TPSA) is 34.1 Å². The van der Waals surface area contributed by atoms with Gasteiger partial charge < -0.3 is 10.1 Å². The van der Waals surface area contributed by atoms with E-state index in [1.807, 2.05) is 37.3 Å². The van der Waals surface area contributed by atoms with Gasteiger partial charge in [0, 0.05) is 0 Å². The molecule has 1 unspecified atom stereocenters. The lowest BCUT2D eigenvalue weighted by Crippen LogP contribution is -2.06. The van der Waals surface area contributed by atoms with Gasteiger partial charge in [0.2, 0.25) is 0 Å². The van der Waals surface area contributed by atoms with Crippen molar-refractivity contribution in [2.75, 3.05) is 12.4 Å². The van der Waals surface area contributed by atoms with E-state index in [0.29, 0.717) is 10.2 Å². The summed E-state index contributed by atoms with van der Waals surface area (Å²) >= 11 is 1.33. The predicted octanol–water partition coefficient (Wildman–Crippen LogP) is 4.62. The number of fused-ring (bicyclic) bond motifs is 1. The van der Waals surface area contributed by atoms with Crippen LogP contribution < -0.4 is 10.1 Å². The molecule has 1 heterocycles. The third kappa shape index (κ3) is 2.83. The Morgan fingerprint density at radius 3 is 2.62 bits per heavy atom. The Labute approximate surface area is 126 Å². The second-order valence-corrected chi connectivity index (χ2v) is 5.75. The molecule has 3 nitrogen and oxygen atoms in total. The minimum absolute atomic E-state index is 0.0829. The zero-order valence-electron chi connectivity index (χ0n) is 11.8. The first kappa shape index (κ1) is 13.8. The van der Waals surface area contributed by atoms with Crippen LogP contribution >= 0.6 is 11.3 Å². The van der Waals surface area contributed by atoms with Gasteiger partial charge in [-0.05, 0) is 36.8 Å². The predicted molar refractivity (Wildman–Crippen MR) is 84.6 cm³/mol. The summed E-state index contributed by atoms with van der Waals surface area (Å²) in [5, 5.41) is 4.03. The van der Waals surface area contributed by atoms with Crippen molar-refractivity contribution in [3.8, 4) is 5.75 Å². The number of anilines is 1. The number of nitrogens with zero attached hydrogens (tertiary/aromatic N) is 1. The van der Waals surface area contributed by atoms with Crippen molar-refractivity contribution in [3.63, 3.8) is 0 Å². The second-order valence-electron chi connectivity index (χ2n) is 4.75. The van der Waals surface area contributed by atoms with E-state index in [1.165, 1.54) is 17.4 Å². The monoisotopic (exact) mass is 302 g/mol. The maximum Gasteiger partial charge on any atom is 0.184 e. The summed E-state index contributed by atoms with van der Waals surface area (Å²) in [4.78, 5) is 4.42. The van der Waals surface area contributed by atoms with E-state index in [4.69, 9.17) is 4.74 Å².